The summed E-state index contributed by atoms with van der Waals surface area (Å²) in [4.78, 5) is 12.3. The number of piperidine rings is 1. The van der Waals surface area contributed by atoms with E-state index in [1.165, 1.54) is 32.1 Å². The van der Waals surface area contributed by atoms with E-state index in [9.17, 15) is 4.79 Å². The molecule has 1 amide bonds. The summed E-state index contributed by atoms with van der Waals surface area (Å²) in [5, 5.41) is 6.54. The minimum Gasteiger partial charge on any atom is -0.354 e. The zero-order valence-electron chi connectivity index (χ0n) is 12.9. The molecule has 2 N–H and O–H groups in total. The molecule has 4 unspecified atom stereocenters. The number of hydrogen-bond acceptors (Lipinski definition) is 4. The number of hydrogen-bond donors (Lipinski definition) is 2. The maximum atomic E-state index is 12.3. The summed E-state index contributed by atoms with van der Waals surface area (Å²) in [6.07, 6.45) is 6.87. The Morgan fingerprint density at radius 3 is 2.55 bits per heavy atom. The molecular formula is C15H28N2O3. The van der Waals surface area contributed by atoms with Crippen molar-refractivity contribution in [1.82, 2.24) is 10.6 Å². The van der Waals surface area contributed by atoms with Crippen molar-refractivity contribution in [2.24, 2.45) is 5.92 Å². The van der Waals surface area contributed by atoms with E-state index in [1.54, 1.807) is 14.2 Å². The van der Waals surface area contributed by atoms with Crippen LogP contribution in [0.2, 0.25) is 0 Å². The maximum absolute atomic E-state index is 12.3. The van der Waals surface area contributed by atoms with Gasteiger partial charge in [0.05, 0.1) is 12.1 Å². The number of carbonyl (C=O) groups is 1. The summed E-state index contributed by atoms with van der Waals surface area (Å²) >= 11 is 0. The Kier molecular flexibility index (Phi) is 5.81. The summed E-state index contributed by atoms with van der Waals surface area (Å²) in [7, 11) is 3.17. The number of rotatable bonds is 5. The van der Waals surface area contributed by atoms with Crippen LogP contribution in [0.25, 0.3) is 0 Å². The molecule has 0 aromatic heterocycles. The molecular weight excluding hydrogens is 256 g/mol. The second kappa shape index (κ2) is 7.38. The van der Waals surface area contributed by atoms with Crippen LogP contribution in [0, 0.1) is 5.92 Å². The van der Waals surface area contributed by atoms with E-state index in [0.29, 0.717) is 6.04 Å². The highest BCUT2D eigenvalue weighted by molar-refractivity contribution is 5.82. The van der Waals surface area contributed by atoms with Crippen molar-refractivity contribution in [1.29, 1.82) is 0 Å². The van der Waals surface area contributed by atoms with Gasteiger partial charge in [0.25, 0.3) is 0 Å². The largest absolute Gasteiger partial charge is 0.354 e. The molecule has 1 saturated heterocycles. The Morgan fingerprint density at radius 1 is 1.15 bits per heavy atom. The van der Waals surface area contributed by atoms with E-state index in [0.717, 1.165) is 12.3 Å². The van der Waals surface area contributed by atoms with Gasteiger partial charge >= 0.3 is 0 Å². The van der Waals surface area contributed by atoms with Crippen LogP contribution < -0.4 is 10.6 Å². The summed E-state index contributed by atoms with van der Waals surface area (Å²) < 4.78 is 10.4. The average molecular weight is 284 g/mol. The lowest BCUT2D eigenvalue weighted by Crippen LogP contribution is -2.57. The van der Waals surface area contributed by atoms with E-state index in [2.05, 4.69) is 10.6 Å². The lowest BCUT2D eigenvalue weighted by atomic mass is 9.77. The monoisotopic (exact) mass is 284 g/mol. The van der Waals surface area contributed by atoms with Crippen LogP contribution in [0.4, 0.5) is 0 Å². The van der Waals surface area contributed by atoms with Crippen LogP contribution in [0.5, 0.6) is 0 Å². The number of amides is 1. The third-order valence-corrected chi connectivity index (χ3v) is 4.71. The molecule has 2 fully saturated rings. The van der Waals surface area contributed by atoms with Crippen molar-refractivity contribution in [2.75, 3.05) is 14.2 Å². The first kappa shape index (κ1) is 15.7. The van der Waals surface area contributed by atoms with Gasteiger partial charge in [-0.1, -0.05) is 12.8 Å². The summed E-state index contributed by atoms with van der Waals surface area (Å²) in [6, 6.07) is 0.318. The third kappa shape index (κ3) is 3.71. The van der Waals surface area contributed by atoms with E-state index < -0.39 is 6.29 Å². The molecule has 5 nitrogen and oxygen atoms in total. The van der Waals surface area contributed by atoms with E-state index >= 15 is 0 Å². The molecule has 2 aliphatic rings. The average Bonchev–Trinajstić information content (AvgIpc) is 2.48. The Morgan fingerprint density at radius 2 is 1.85 bits per heavy atom. The minimum absolute atomic E-state index is 0.0637. The highest BCUT2D eigenvalue weighted by Crippen LogP contribution is 2.32. The smallest absolute Gasteiger partial charge is 0.237 e. The van der Waals surface area contributed by atoms with Crippen LogP contribution in [0.3, 0.4) is 0 Å². The predicted molar refractivity (Wildman–Crippen MR) is 77.3 cm³/mol. The van der Waals surface area contributed by atoms with Crippen molar-refractivity contribution >= 4 is 5.91 Å². The van der Waals surface area contributed by atoms with Crippen molar-refractivity contribution in [3.05, 3.63) is 0 Å². The van der Waals surface area contributed by atoms with Gasteiger partial charge in [0, 0.05) is 20.3 Å². The number of nitrogens with one attached hydrogen (secondary N) is 2. The van der Waals surface area contributed by atoms with Crippen LogP contribution in [0.15, 0.2) is 0 Å². The molecule has 0 aromatic rings. The molecule has 0 spiro atoms. The lowest BCUT2D eigenvalue weighted by Gasteiger charge is -2.40. The highest BCUT2D eigenvalue weighted by Gasteiger charge is 2.35. The van der Waals surface area contributed by atoms with Crippen LogP contribution in [-0.4, -0.2) is 44.5 Å². The number of carbonyl (C=O) groups excluding carboxylic acids is 1. The lowest BCUT2D eigenvalue weighted by molar-refractivity contribution is -0.138. The van der Waals surface area contributed by atoms with Crippen LogP contribution in [0.1, 0.15) is 45.4 Å². The van der Waals surface area contributed by atoms with E-state index in [-0.39, 0.29) is 18.0 Å². The van der Waals surface area contributed by atoms with Gasteiger partial charge in [-0.15, -0.1) is 0 Å². The normalized spacial score (nSPS) is 31.7. The minimum atomic E-state index is -0.398. The molecule has 2 rings (SSSR count). The number of fused-ring (bicyclic) bond motifs is 1. The van der Waals surface area contributed by atoms with Crippen molar-refractivity contribution in [3.63, 3.8) is 0 Å². The molecule has 1 aliphatic heterocycles. The van der Waals surface area contributed by atoms with Gasteiger partial charge in [-0.3, -0.25) is 4.79 Å². The molecule has 1 saturated carbocycles. The Balaban J connectivity index is 1.83. The van der Waals surface area contributed by atoms with Gasteiger partial charge in [0.15, 0.2) is 6.29 Å². The maximum Gasteiger partial charge on any atom is 0.237 e. The molecule has 4 atom stereocenters. The second-order valence-electron chi connectivity index (χ2n) is 6.08. The SMILES string of the molecule is COC(OC)C(C)NC(=O)C1CCC2CCCCC2N1. The number of methoxy groups -OCH3 is 2. The quantitative estimate of drug-likeness (QED) is 0.750. The zero-order valence-corrected chi connectivity index (χ0v) is 12.9. The van der Waals surface area contributed by atoms with Crippen molar-refractivity contribution in [3.8, 4) is 0 Å². The molecule has 116 valence electrons. The van der Waals surface area contributed by atoms with Gasteiger partial charge in [0.2, 0.25) is 5.91 Å². The second-order valence-corrected chi connectivity index (χ2v) is 6.08. The van der Waals surface area contributed by atoms with Crippen LogP contribution >= 0.6 is 0 Å². The fourth-order valence-corrected chi connectivity index (χ4v) is 3.60. The Labute approximate surface area is 121 Å². The molecule has 0 radical (unpaired) electrons. The molecule has 0 bridgehead atoms. The molecule has 5 heteroatoms. The fourth-order valence-electron chi connectivity index (χ4n) is 3.60. The Bertz CT molecular complexity index is 320. The van der Waals surface area contributed by atoms with E-state index in [4.69, 9.17) is 9.47 Å². The van der Waals surface area contributed by atoms with Crippen molar-refractivity contribution < 1.29 is 14.3 Å². The topological polar surface area (TPSA) is 59.6 Å². The van der Waals surface area contributed by atoms with Crippen molar-refractivity contribution in [2.45, 2.75) is 69.9 Å². The zero-order chi connectivity index (χ0) is 14.5. The summed E-state index contributed by atoms with van der Waals surface area (Å²) in [5.41, 5.74) is 0. The van der Waals surface area contributed by atoms with Gasteiger partial charge in [-0.25, -0.2) is 0 Å². The van der Waals surface area contributed by atoms with Gasteiger partial charge in [-0.05, 0) is 38.5 Å². The number of ether oxygens (including phenoxy) is 2. The van der Waals surface area contributed by atoms with Crippen LogP contribution in [-0.2, 0) is 14.3 Å². The standard InChI is InChI=1S/C15H28N2O3/c1-10(15(19-2)20-3)16-14(18)13-9-8-11-6-4-5-7-12(11)17-13/h10-13,15,17H,4-9H2,1-3H3,(H,16,18). The Hall–Kier alpha value is -0.650. The van der Waals surface area contributed by atoms with Gasteiger partial charge in [-0.2, -0.15) is 0 Å². The van der Waals surface area contributed by atoms with Gasteiger partial charge in [0.1, 0.15) is 0 Å². The predicted octanol–water partition coefficient (Wildman–Crippen LogP) is 1.42. The fraction of sp³-hybridized carbons (Fsp3) is 0.933. The molecule has 1 aliphatic carbocycles. The molecule has 1 heterocycles. The van der Waals surface area contributed by atoms with E-state index in [1.807, 2.05) is 6.92 Å². The first-order chi connectivity index (χ1) is 9.65. The first-order valence-corrected chi connectivity index (χ1v) is 7.77. The van der Waals surface area contributed by atoms with Gasteiger partial charge < -0.3 is 20.1 Å². The summed E-state index contributed by atoms with van der Waals surface area (Å²) in [6.45, 7) is 1.90. The highest BCUT2D eigenvalue weighted by atomic mass is 16.7. The summed E-state index contributed by atoms with van der Waals surface area (Å²) in [5.74, 6) is 0.844. The molecule has 0 aromatic carbocycles. The third-order valence-electron chi connectivity index (χ3n) is 4.71. The molecule has 20 heavy (non-hydrogen) atoms. The first-order valence-electron chi connectivity index (χ1n) is 7.77.